The highest BCUT2D eigenvalue weighted by Crippen LogP contribution is 2.25. The Labute approximate surface area is 214 Å². The molecule has 0 aliphatic rings. The summed E-state index contributed by atoms with van der Waals surface area (Å²) in [5.74, 6) is -0.462. The van der Waals surface area contributed by atoms with Crippen LogP contribution >= 0.6 is 11.6 Å². The van der Waals surface area contributed by atoms with E-state index in [4.69, 9.17) is 11.6 Å². The van der Waals surface area contributed by atoms with E-state index < -0.39 is 16.1 Å². The van der Waals surface area contributed by atoms with Gasteiger partial charge in [-0.2, -0.15) is 0 Å². The van der Waals surface area contributed by atoms with Crippen molar-refractivity contribution in [2.45, 2.75) is 66.1 Å². The Morgan fingerprint density at radius 2 is 1.66 bits per heavy atom. The van der Waals surface area contributed by atoms with E-state index in [1.54, 1.807) is 25.1 Å². The van der Waals surface area contributed by atoms with E-state index in [-0.39, 0.29) is 37.4 Å². The number of aryl methyl sites for hydroxylation is 1. The van der Waals surface area contributed by atoms with Gasteiger partial charge in [-0.05, 0) is 75.9 Å². The molecule has 0 heterocycles. The summed E-state index contributed by atoms with van der Waals surface area (Å²) in [5.41, 5.74) is 3.33. The van der Waals surface area contributed by atoms with Crippen LogP contribution in [0.25, 0.3) is 0 Å². The van der Waals surface area contributed by atoms with Crippen molar-refractivity contribution in [1.82, 2.24) is 10.2 Å². The predicted octanol–water partition coefficient (Wildman–Crippen LogP) is 4.44. The summed E-state index contributed by atoms with van der Waals surface area (Å²) in [6.45, 7) is 9.65. The number of sulfonamides is 1. The van der Waals surface area contributed by atoms with Gasteiger partial charge in [0.05, 0.1) is 11.9 Å². The number of halogens is 1. The zero-order valence-electron chi connectivity index (χ0n) is 21.3. The molecule has 0 spiro atoms. The molecule has 0 aliphatic carbocycles. The van der Waals surface area contributed by atoms with Crippen LogP contribution in [0.5, 0.6) is 0 Å². The Bertz CT molecular complexity index is 1130. The Morgan fingerprint density at radius 1 is 1.03 bits per heavy atom. The maximum atomic E-state index is 13.3. The number of amides is 2. The second-order valence-electron chi connectivity index (χ2n) is 9.15. The van der Waals surface area contributed by atoms with Crippen LogP contribution in [0.1, 0.15) is 50.3 Å². The predicted molar refractivity (Wildman–Crippen MR) is 142 cm³/mol. The lowest BCUT2D eigenvalue weighted by molar-refractivity contribution is -0.140. The highest BCUT2D eigenvalue weighted by Gasteiger charge is 2.27. The average Bonchev–Trinajstić information content (AvgIpc) is 2.76. The van der Waals surface area contributed by atoms with Gasteiger partial charge in [0.2, 0.25) is 21.8 Å². The van der Waals surface area contributed by atoms with Crippen molar-refractivity contribution in [3.8, 4) is 0 Å². The summed E-state index contributed by atoms with van der Waals surface area (Å²) in [5, 5.41) is 3.45. The molecule has 7 nitrogen and oxygen atoms in total. The van der Waals surface area contributed by atoms with Gasteiger partial charge < -0.3 is 10.2 Å². The number of carbonyl (C=O) groups is 2. The van der Waals surface area contributed by atoms with E-state index >= 15 is 0 Å². The Kier molecular flexibility index (Phi) is 10.2. The fourth-order valence-corrected chi connectivity index (χ4v) is 4.90. The van der Waals surface area contributed by atoms with E-state index in [1.807, 2.05) is 52.0 Å². The summed E-state index contributed by atoms with van der Waals surface area (Å²) in [6, 6.07) is 11.9. The first-order valence-corrected chi connectivity index (χ1v) is 13.9. The van der Waals surface area contributed by atoms with E-state index in [0.717, 1.165) is 16.7 Å². The fraction of sp³-hybridized carbons (Fsp3) is 0.462. The topological polar surface area (TPSA) is 86.8 Å². The molecule has 2 rings (SSSR count). The van der Waals surface area contributed by atoms with Crippen LogP contribution in [0.15, 0.2) is 42.5 Å². The standard InChI is InChI=1S/C26H36ClN3O4S/c1-18(2)28-26(32)21(5)29(17-22-12-14-23(27)15-13-22)25(31)11-8-16-30(35(6,33)34)24-10-7-9-19(3)20(24)4/h7,9-10,12-15,18,21H,8,11,16-17H2,1-6H3,(H,28,32)/t21-/m1/s1. The molecule has 192 valence electrons. The number of hydrogen-bond acceptors (Lipinski definition) is 4. The highest BCUT2D eigenvalue weighted by atomic mass is 35.5. The SMILES string of the molecule is Cc1cccc(N(CCCC(=O)N(Cc2ccc(Cl)cc2)[C@H](C)C(=O)NC(C)C)S(C)(=O)=O)c1C. The Morgan fingerprint density at radius 3 is 2.23 bits per heavy atom. The van der Waals surface area contributed by atoms with Crippen LogP contribution < -0.4 is 9.62 Å². The second kappa shape index (κ2) is 12.4. The number of nitrogens with one attached hydrogen (secondary N) is 1. The van der Waals surface area contributed by atoms with Crippen LogP contribution in [-0.2, 0) is 26.2 Å². The summed E-state index contributed by atoms with van der Waals surface area (Å²) in [6.07, 6.45) is 1.58. The number of nitrogens with zero attached hydrogens (tertiary/aromatic N) is 2. The van der Waals surface area contributed by atoms with Crippen molar-refractivity contribution in [2.75, 3.05) is 17.1 Å². The normalized spacial score (nSPS) is 12.3. The van der Waals surface area contributed by atoms with E-state index in [1.165, 1.54) is 15.5 Å². The summed E-state index contributed by atoms with van der Waals surface area (Å²) in [7, 11) is -3.54. The minimum Gasteiger partial charge on any atom is -0.352 e. The van der Waals surface area contributed by atoms with E-state index in [9.17, 15) is 18.0 Å². The number of carbonyl (C=O) groups excluding carboxylic acids is 2. The van der Waals surface area contributed by atoms with Crippen molar-refractivity contribution in [3.63, 3.8) is 0 Å². The maximum absolute atomic E-state index is 13.3. The molecule has 0 unspecified atom stereocenters. The smallest absolute Gasteiger partial charge is 0.242 e. The fourth-order valence-electron chi connectivity index (χ4n) is 3.76. The van der Waals surface area contributed by atoms with E-state index in [2.05, 4.69) is 5.32 Å². The molecule has 1 atom stereocenters. The first-order valence-electron chi connectivity index (χ1n) is 11.7. The van der Waals surface area contributed by atoms with Gasteiger partial charge in [-0.25, -0.2) is 8.42 Å². The van der Waals surface area contributed by atoms with Crippen LogP contribution in [0.2, 0.25) is 5.02 Å². The monoisotopic (exact) mass is 521 g/mol. The van der Waals surface area contributed by atoms with Crippen molar-refractivity contribution < 1.29 is 18.0 Å². The third kappa shape index (κ3) is 8.25. The van der Waals surface area contributed by atoms with E-state index in [0.29, 0.717) is 17.1 Å². The number of rotatable bonds is 11. The maximum Gasteiger partial charge on any atom is 0.242 e. The molecule has 0 saturated carbocycles. The van der Waals surface area contributed by atoms with Gasteiger partial charge in [-0.1, -0.05) is 35.9 Å². The van der Waals surface area contributed by atoms with Gasteiger partial charge in [0, 0.05) is 30.6 Å². The number of anilines is 1. The molecule has 0 bridgehead atoms. The summed E-state index contributed by atoms with van der Waals surface area (Å²) >= 11 is 5.99. The molecule has 2 aromatic carbocycles. The number of hydrogen-bond donors (Lipinski definition) is 1. The lowest BCUT2D eigenvalue weighted by Crippen LogP contribution is -2.49. The molecular formula is C26H36ClN3O4S. The van der Waals surface area contributed by atoms with Crippen molar-refractivity contribution in [1.29, 1.82) is 0 Å². The Hall–Kier alpha value is -2.58. The van der Waals surface area contributed by atoms with Crippen molar-refractivity contribution >= 4 is 39.1 Å². The van der Waals surface area contributed by atoms with Crippen LogP contribution in [0, 0.1) is 13.8 Å². The third-order valence-corrected chi connectivity index (χ3v) is 7.29. The molecule has 0 saturated heterocycles. The molecule has 1 N–H and O–H groups in total. The molecule has 2 amide bonds. The molecule has 0 radical (unpaired) electrons. The largest absolute Gasteiger partial charge is 0.352 e. The minimum absolute atomic E-state index is 0.0571. The average molecular weight is 522 g/mol. The molecule has 0 fully saturated rings. The number of benzene rings is 2. The van der Waals surface area contributed by atoms with Crippen LogP contribution in [-0.4, -0.2) is 50.0 Å². The zero-order chi connectivity index (χ0) is 26.3. The first-order chi connectivity index (χ1) is 16.3. The molecule has 0 aliphatic heterocycles. The molecule has 0 aromatic heterocycles. The first kappa shape index (κ1) is 28.7. The van der Waals surface area contributed by atoms with Crippen LogP contribution in [0.4, 0.5) is 5.69 Å². The van der Waals surface area contributed by atoms with Crippen molar-refractivity contribution in [2.24, 2.45) is 0 Å². The third-order valence-electron chi connectivity index (χ3n) is 5.86. The molecule has 35 heavy (non-hydrogen) atoms. The highest BCUT2D eigenvalue weighted by molar-refractivity contribution is 7.92. The van der Waals surface area contributed by atoms with Gasteiger partial charge in [-0.3, -0.25) is 13.9 Å². The summed E-state index contributed by atoms with van der Waals surface area (Å²) in [4.78, 5) is 27.5. The van der Waals surface area contributed by atoms with Crippen molar-refractivity contribution in [3.05, 3.63) is 64.2 Å². The van der Waals surface area contributed by atoms with Gasteiger partial charge in [0.25, 0.3) is 0 Å². The quantitative estimate of drug-likeness (QED) is 0.473. The van der Waals surface area contributed by atoms with Gasteiger partial charge in [0.15, 0.2) is 0 Å². The van der Waals surface area contributed by atoms with Crippen LogP contribution in [0.3, 0.4) is 0 Å². The molecule has 2 aromatic rings. The lowest BCUT2D eigenvalue weighted by Gasteiger charge is -2.30. The molecular weight excluding hydrogens is 486 g/mol. The van der Waals surface area contributed by atoms with Gasteiger partial charge >= 0.3 is 0 Å². The second-order valence-corrected chi connectivity index (χ2v) is 11.5. The Balaban J connectivity index is 2.20. The summed E-state index contributed by atoms with van der Waals surface area (Å²) < 4.78 is 26.4. The molecule has 9 heteroatoms. The van der Waals surface area contributed by atoms with Gasteiger partial charge in [0.1, 0.15) is 6.04 Å². The minimum atomic E-state index is -3.54. The lowest BCUT2D eigenvalue weighted by atomic mass is 10.1. The zero-order valence-corrected chi connectivity index (χ0v) is 22.9. The van der Waals surface area contributed by atoms with Gasteiger partial charge in [-0.15, -0.1) is 0 Å².